The number of amides is 1. The number of nitrogens with zero attached hydrogens (tertiary/aromatic N) is 2. The van der Waals surface area contributed by atoms with E-state index in [4.69, 9.17) is 0 Å². The van der Waals surface area contributed by atoms with Crippen molar-refractivity contribution in [1.29, 1.82) is 0 Å². The number of hydrogen-bond donors (Lipinski definition) is 0. The maximum Gasteiger partial charge on any atom is 0.391 e. The Morgan fingerprint density at radius 1 is 1.20 bits per heavy atom. The summed E-state index contributed by atoms with van der Waals surface area (Å²) in [7, 11) is 3.35. The second-order valence-electron chi connectivity index (χ2n) is 5.17. The number of halogens is 3. The van der Waals surface area contributed by atoms with Gasteiger partial charge in [-0.1, -0.05) is 0 Å². The number of likely N-dealkylation sites (tertiary alicyclic amines) is 1. The Morgan fingerprint density at radius 2 is 1.70 bits per heavy atom. The Hall–Kier alpha value is -1.53. The molecule has 0 saturated carbocycles. The van der Waals surface area contributed by atoms with Gasteiger partial charge >= 0.3 is 6.18 Å². The van der Waals surface area contributed by atoms with Gasteiger partial charge in [0.05, 0.1) is 11.5 Å². The number of rotatable bonds is 3. The van der Waals surface area contributed by atoms with Crippen molar-refractivity contribution in [1.82, 2.24) is 9.80 Å². The first-order chi connectivity index (χ1) is 9.12. The Labute approximate surface area is 116 Å². The lowest BCUT2D eigenvalue weighted by molar-refractivity contribution is -0.186. The zero-order chi connectivity index (χ0) is 15.5. The number of carbonyl (C=O) groups is 2. The van der Waals surface area contributed by atoms with Crippen LogP contribution in [0.2, 0.25) is 0 Å². The van der Waals surface area contributed by atoms with Crippen LogP contribution in [0.5, 0.6) is 0 Å². The molecule has 0 aromatic rings. The van der Waals surface area contributed by atoms with Crippen molar-refractivity contribution in [3.05, 3.63) is 11.8 Å². The third kappa shape index (κ3) is 4.25. The van der Waals surface area contributed by atoms with Gasteiger partial charge in [-0.3, -0.25) is 9.59 Å². The molecule has 1 heterocycles. The predicted molar refractivity (Wildman–Crippen MR) is 67.8 cm³/mol. The maximum absolute atomic E-state index is 12.6. The van der Waals surface area contributed by atoms with Crippen molar-refractivity contribution in [2.45, 2.75) is 25.9 Å². The van der Waals surface area contributed by atoms with Crippen LogP contribution in [0.25, 0.3) is 0 Å². The Morgan fingerprint density at radius 3 is 2.05 bits per heavy atom. The van der Waals surface area contributed by atoms with E-state index < -0.39 is 18.0 Å². The number of piperidine rings is 1. The van der Waals surface area contributed by atoms with Gasteiger partial charge < -0.3 is 9.80 Å². The monoisotopic (exact) mass is 292 g/mol. The average Bonchev–Trinajstić information content (AvgIpc) is 2.33. The summed E-state index contributed by atoms with van der Waals surface area (Å²) in [6, 6.07) is 0. The van der Waals surface area contributed by atoms with Gasteiger partial charge in [0.2, 0.25) is 0 Å². The van der Waals surface area contributed by atoms with Gasteiger partial charge in [0.25, 0.3) is 5.91 Å². The van der Waals surface area contributed by atoms with Gasteiger partial charge in [0.1, 0.15) is 0 Å². The normalized spacial score (nSPS) is 18.1. The van der Waals surface area contributed by atoms with E-state index in [-0.39, 0.29) is 37.3 Å². The van der Waals surface area contributed by atoms with E-state index in [0.29, 0.717) is 0 Å². The predicted octanol–water partition coefficient (Wildman–Crippen LogP) is 1.82. The standard InChI is InChI=1S/C13H19F3N2O2/c1-9(19)11(8-17(2)3)12(20)18-6-4-10(5-7-18)13(14,15)16/h8,10H,4-7H2,1-3H3/b11-8+. The summed E-state index contributed by atoms with van der Waals surface area (Å²) in [5.41, 5.74) is 0.000425. The van der Waals surface area contributed by atoms with Crippen LogP contribution in [-0.2, 0) is 9.59 Å². The average molecular weight is 292 g/mol. The molecule has 1 amide bonds. The summed E-state index contributed by atoms with van der Waals surface area (Å²) in [4.78, 5) is 26.5. The van der Waals surface area contributed by atoms with E-state index in [0.717, 1.165) is 0 Å². The molecule has 0 radical (unpaired) electrons. The van der Waals surface area contributed by atoms with Gasteiger partial charge in [-0.05, 0) is 19.8 Å². The van der Waals surface area contributed by atoms with Crippen LogP contribution in [0.1, 0.15) is 19.8 Å². The minimum atomic E-state index is -4.21. The molecule has 0 atom stereocenters. The first kappa shape index (κ1) is 16.5. The second-order valence-corrected chi connectivity index (χ2v) is 5.17. The highest BCUT2D eigenvalue weighted by molar-refractivity contribution is 6.18. The van der Waals surface area contributed by atoms with E-state index in [1.54, 1.807) is 19.0 Å². The lowest BCUT2D eigenvalue weighted by atomic mass is 9.95. The van der Waals surface area contributed by atoms with E-state index >= 15 is 0 Å². The summed E-state index contributed by atoms with van der Waals surface area (Å²) in [6.07, 6.45) is -3.02. The first-order valence-electron chi connectivity index (χ1n) is 6.38. The Kier molecular flexibility index (Phi) is 5.19. The molecule has 1 aliphatic rings. The molecule has 20 heavy (non-hydrogen) atoms. The van der Waals surface area contributed by atoms with Crippen LogP contribution in [0.3, 0.4) is 0 Å². The number of ketones is 1. The molecule has 0 aromatic carbocycles. The molecule has 0 aromatic heterocycles. The summed E-state index contributed by atoms with van der Waals surface area (Å²) >= 11 is 0. The van der Waals surface area contributed by atoms with Gasteiger partial charge in [-0.15, -0.1) is 0 Å². The van der Waals surface area contributed by atoms with Crippen LogP contribution >= 0.6 is 0 Å². The summed E-state index contributed by atoms with van der Waals surface area (Å²) in [6.45, 7) is 1.33. The summed E-state index contributed by atoms with van der Waals surface area (Å²) in [5.74, 6) is -2.24. The molecule has 1 saturated heterocycles. The highest BCUT2D eigenvalue weighted by Gasteiger charge is 2.42. The second kappa shape index (κ2) is 6.28. The fourth-order valence-corrected chi connectivity index (χ4v) is 2.14. The molecule has 4 nitrogen and oxygen atoms in total. The molecule has 1 rings (SSSR count). The SMILES string of the molecule is CC(=O)/C(=C\N(C)C)C(=O)N1CCC(C(F)(F)F)CC1. The molecule has 0 aliphatic carbocycles. The Bertz CT molecular complexity index is 408. The number of hydrogen-bond acceptors (Lipinski definition) is 3. The minimum absolute atomic E-state index is 0.000425. The zero-order valence-electron chi connectivity index (χ0n) is 11.8. The molecule has 0 unspecified atom stereocenters. The zero-order valence-corrected chi connectivity index (χ0v) is 11.8. The highest BCUT2D eigenvalue weighted by atomic mass is 19.4. The molecule has 0 spiro atoms. The largest absolute Gasteiger partial charge is 0.391 e. The Balaban J connectivity index is 2.73. The fourth-order valence-electron chi connectivity index (χ4n) is 2.14. The molecule has 1 aliphatic heterocycles. The van der Waals surface area contributed by atoms with Crippen molar-refractivity contribution in [3.63, 3.8) is 0 Å². The van der Waals surface area contributed by atoms with Crippen molar-refractivity contribution >= 4 is 11.7 Å². The van der Waals surface area contributed by atoms with Crippen LogP contribution in [0.4, 0.5) is 13.2 Å². The number of carbonyl (C=O) groups excluding carboxylic acids is 2. The van der Waals surface area contributed by atoms with Crippen molar-refractivity contribution in [2.24, 2.45) is 5.92 Å². The lowest BCUT2D eigenvalue weighted by Crippen LogP contribution is -2.43. The molecule has 0 bridgehead atoms. The van der Waals surface area contributed by atoms with E-state index in [2.05, 4.69) is 0 Å². The molecule has 1 fully saturated rings. The lowest BCUT2D eigenvalue weighted by Gasteiger charge is -2.33. The fraction of sp³-hybridized carbons (Fsp3) is 0.692. The van der Waals surface area contributed by atoms with Gasteiger partial charge in [0, 0.05) is 33.4 Å². The van der Waals surface area contributed by atoms with Gasteiger partial charge in [-0.2, -0.15) is 13.2 Å². The first-order valence-corrected chi connectivity index (χ1v) is 6.38. The molecule has 114 valence electrons. The van der Waals surface area contributed by atoms with Crippen molar-refractivity contribution < 1.29 is 22.8 Å². The van der Waals surface area contributed by atoms with Crippen LogP contribution in [-0.4, -0.2) is 54.9 Å². The molecule has 7 heteroatoms. The maximum atomic E-state index is 12.6. The van der Waals surface area contributed by atoms with Crippen molar-refractivity contribution in [2.75, 3.05) is 27.2 Å². The van der Waals surface area contributed by atoms with Gasteiger partial charge in [0.15, 0.2) is 5.78 Å². The highest BCUT2D eigenvalue weighted by Crippen LogP contribution is 2.34. The smallest absolute Gasteiger partial charge is 0.383 e. The number of alkyl halides is 3. The quantitative estimate of drug-likeness (QED) is 0.452. The van der Waals surface area contributed by atoms with Crippen LogP contribution in [0.15, 0.2) is 11.8 Å². The van der Waals surface area contributed by atoms with Crippen LogP contribution in [0, 0.1) is 5.92 Å². The van der Waals surface area contributed by atoms with E-state index in [1.165, 1.54) is 18.0 Å². The minimum Gasteiger partial charge on any atom is -0.383 e. The topological polar surface area (TPSA) is 40.6 Å². The number of Topliss-reactive ketones (excluding diaryl/α,β-unsaturated/α-hetero) is 1. The summed E-state index contributed by atoms with van der Waals surface area (Å²) in [5, 5.41) is 0. The third-order valence-corrected chi connectivity index (χ3v) is 3.24. The van der Waals surface area contributed by atoms with Crippen molar-refractivity contribution in [3.8, 4) is 0 Å². The molecule has 0 N–H and O–H groups in total. The molecular weight excluding hydrogens is 273 g/mol. The van der Waals surface area contributed by atoms with E-state index in [9.17, 15) is 22.8 Å². The van der Waals surface area contributed by atoms with E-state index in [1.807, 2.05) is 0 Å². The third-order valence-electron chi connectivity index (χ3n) is 3.24. The molecular formula is C13H19F3N2O2. The van der Waals surface area contributed by atoms with Crippen LogP contribution < -0.4 is 0 Å². The van der Waals surface area contributed by atoms with Gasteiger partial charge in [-0.25, -0.2) is 0 Å². The summed E-state index contributed by atoms with van der Waals surface area (Å²) < 4.78 is 37.7.